The lowest BCUT2D eigenvalue weighted by Crippen LogP contribution is -2.32. The van der Waals surface area contributed by atoms with Crippen molar-refractivity contribution in [3.8, 4) is 11.1 Å². The number of methoxy groups -OCH3 is 1. The normalized spacial score (nSPS) is 11.3. The largest absolute Gasteiger partial charge is 0.464 e. The van der Waals surface area contributed by atoms with E-state index in [1.54, 1.807) is 12.4 Å². The van der Waals surface area contributed by atoms with Crippen molar-refractivity contribution in [3.63, 3.8) is 0 Å². The highest BCUT2D eigenvalue weighted by atomic mass is 19.4. The van der Waals surface area contributed by atoms with E-state index in [0.29, 0.717) is 5.56 Å². The summed E-state index contributed by atoms with van der Waals surface area (Å²) in [5.41, 5.74) is 2.12. The van der Waals surface area contributed by atoms with Crippen LogP contribution in [-0.2, 0) is 27.0 Å². The molecule has 8 heteroatoms. The zero-order valence-electron chi connectivity index (χ0n) is 18.3. The molecule has 0 saturated carbocycles. The molecule has 1 heterocycles. The maximum absolute atomic E-state index is 12.9. The van der Waals surface area contributed by atoms with Crippen molar-refractivity contribution in [1.29, 1.82) is 0 Å². The molecule has 0 aliphatic rings. The lowest BCUT2D eigenvalue weighted by atomic mass is 10.0. The lowest BCUT2D eigenvalue weighted by Gasteiger charge is -2.22. The first-order chi connectivity index (χ1) is 16.2. The van der Waals surface area contributed by atoms with Gasteiger partial charge in [-0.2, -0.15) is 13.2 Å². The number of benzene rings is 2. The summed E-state index contributed by atoms with van der Waals surface area (Å²) in [7, 11) is 1.18. The van der Waals surface area contributed by atoms with E-state index < -0.39 is 23.6 Å². The smallest absolute Gasteiger partial charge is 0.416 e. The predicted octanol–water partition coefficient (Wildman–Crippen LogP) is 5.50. The van der Waals surface area contributed by atoms with Gasteiger partial charge in [0.25, 0.3) is 5.91 Å². The molecule has 2 aromatic carbocycles. The summed E-state index contributed by atoms with van der Waals surface area (Å²) in [5, 5.41) is 0. The quantitative estimate of drug-likeness (QED) is 0.341. The average Bonchev–Trinajstić information content (AvgIpc) is 2.85. The Morgan fingerprint density at radius 1 is 0.971 bits per heavy atom. The number of amides is 1. The van der Waals surface area contributed by atoms with Gasteiger partial charge in [0.15, 0.2) is 0 Å². The Kier molecular flexibility index (Phi) is 7.63. The molecule has 0 N–H and O–H groups in total. The number of hydrogen-bond acceptors (Lipinski definition) is 4. The van der Waals surface area contributed by atoms with E-state index in [1.165, 1.54) is 31.4 Å². The average molecular weight is 466 g/mol. The highest BCUT2D eigenvalue weighted by Crippen LogP contribution is 2.29. The minimum absolute atomic E-state index is 0.0424. The molecule has 1 amide bonds. The van der Waals surface area contributed by atoms with Gasteiger partial charge in [-0.1, -0.05) is 43.0 Å². The molecule has 0 aliphatic heterocycles. The van der Waals surface area contributed by atoms with Gasteiger partial charge in [0.1, 0.15) is 5.70 Å². The first-order valence-electron chi connectivity index (χ1n) is 10.1. The number of carbonyl (C=O) groups excluding carboxylic acids is 2. The van der Waals surface area contributed by atoms with Crippen molar-refractivity contribution in [2.45, 2.75) is 12.7 Å². The molecule has 3 rings (SSSR count). The SMILES string of the molecule is C=C(C(=O)OC)N(Cc1ccc(-c2ccncc2)cc1)C(=O)C=Cc1ccc(C(F)(F)F)cc1. The van der Waals surface area contributed by atoms with Crippen LogP contribution >= 0.6 is 0 Å². The predicted molar refractivity (Wildman–Crippen MR) is 122 cm³/mol. The van der Waals surface area contributed by atoms with Crippen molar-refractivity contribution in [2.75, 3.05) is 7.11 Å². The van der Waals surface area contributed by atoms with Crippen LogP contribution in [-0.4, -0.2) is 28.9 Å². The van der Waals surface area contributed by atoms with E-state index in [4.69, 9.17) is 4.74 Å². The first kappa shape index (κ1) is 24.4. The summed E-state index contributed by atoms with van der Waals surface area (Å²) in [6.45, 7) is 3.71. The summed E-state index contributed by atoms with van der Waals surface area (Å²) >= 11 is 0. The fraction of sp³-hybridized carbons (Fsp3) is 0.115. The molecule has 0 radical (unpaired) electrons. The van der Waals surface area contributed by atoms with Crippen LogP contribution in [0.2, 0.25) is 0 Å². The Bertz CT molecular complexity index is 1190. The molecule has 3 aromatic rings. The van der Waals surface area contributed by atoms with Crippen LogP contribution in [0, 0.1) is 0 Å². The minimum atomic E-state index is -4.44. The maximum Gasteiger partial charge on any atom is 0.416 e. The van der Waals surface area contributed by atoms with Gasteiger partial charge in [0.05, 0.1) is 19.2 Å². The van der Waals surface area contributed by atoms with E-state index in [0.717, 1.165) is 33.7 Å². The number of pyridine rings is 1. The molecule has 0 spiro atoms. The van der Waals surface area contributed by atoms with Gasteiger partial charge in [0.2, 0.25) is 0 Å². The number of carbonyl (C=O) groups is 2. The van der Waals surface area contributed by atoms with E-state index in [1.807, 2.05) is 36.4 Å². The number of aromatic nitrogens is 1. The van der Waals surface area contributed by atoms with Crippen molar-refractivity contribution >= 4 is 18.0 Å². The summed E-state index contributed by atoms with van der Waals surface area (Å²) in [5.74, 6) is -1.35. The molecule has 34 heavy (non-hydrogen) atoms. The van der Waals surface area contributed by atoms with Crippen LogP contribution in [0.3, 0.4) is 0 Å². The second kappa shape index (κ2) is 10.6. The van der Waals surface area contributed by atoms with Crippen LogP contribution < -0.4 is 0 Å². The first-order valence-corrected chi connectivity index (χ1v) is 10.1. The molecule has 5 nitrogen and oxygen atoms in total. The van der Waals surface area contributed by atoms with Crippen LogP contribution in [0.25, 0.3) is 17.2 Å². The minimum Gasteiger partial charge on any atom is -0.464 e. The monoisotopic (exact) mass is 466 g/mol. The van der Waals surface area contributed by atoms with E-state index in [-0.39, 0.29) is 12.2 Å². The summed E-state index contributed by atoms with van der Waals surface area (Å²) in [6, 6.07) is 15.5. The molecular formula is C26H21F3N2O3. The molecule has 0 bridgehead atoms. The van der Waals surface area contributed by atoms with Gasteiger partial charge < -0.3 is 4.74 Å². The van der Waals surface area contributed by atoms with E-state index in [9.17, 15) is 22.8 Å². The Morgan fingerprint density at radius 3 is 2.12 bits per heavy atom. The van der Waals surface area contributed by atoms with Crippen molar-refractivity contribution in [2.24, 2.45) is 0 Å². The van der Waals surface area contributed by atoms with Gasteiger partial charge in [-0.3, -0.25) is 14.7 Å². The molecule has 174 valence electrons. The third kappa shape index (κ3) is 6.19. The second-order valence-electron chi connectivity index (χ2n) is 7.25. The fourth-order valence-electron chi connectivity index (χ4n) is 3.10. The summed E-state index contributed by atoms with van der Waals surface area (Å²) in [6.07, 6.45) is 1.47. The maximum atomic E-state index is 12.9. The molecule has 1 aromatic heterocycles. The van der Waals surface area contributed by atoms with E-state index >= 15 is 0 Å². The molecule has 0 aliphatic carbocycles. The molecule has 0 atom stereocenters. The van der Waals surface area contributed by atoms with Crippen LogP contribution in [0.5, 0.6) is 0 Å². The van der Waals surface area contributed by atoms with Gasteiger partial charge in [-0.25, -0.2) is 4.79 Å². The third-order valence-corrected chi connectivity index (χ3v) is 4.98. The van der Waals surface area contributed by atoms with Crippen molar-refractivity contribution in [3.05, 3.63) is 108 Å². The number of halogens is 3. The zero-order chi connectivity index (χ0) is 24.7. The Balaban J connectivity index is 1.79. The number of esters is 1. The summed E-state index contributed by atoms with van der Waals surface area (Å²) in [4.78, 5) is 30.1. The second-order valence-corrected chi connectivity index (χ2v) is 7.25. The highest BCUT2D eigenvalue weighted by Gasteiger charge is 2.29. The standard InChI is InChI=1S/C26H21F3N2O3/c1-18(25(33)34-2)31(17-20-3-8-21(9-4-20)22-13-15-30-16-14-22)24(32)12-7-19-5-10-23(11-6-19)26(27,28)29/h3-16H,1,17H2,2H3. The van der Waals surface area contributed by atoms with Crippen LogP contribution in [0.15, 0.2) is 91.4 Å². The van der Waals surface area contributed by atoms with Crippen molar-refractivity contribution in [1.82, 2.24) is 9.88 Å². The summed E-state index contributed by atoms with van der Waals surface area (Å²) < 4.78 is 42.9. The number of ether oxygens (including phenoxy) is 1. The van der Waals surface area contributed by atoms with Crippen molar-refractivity contribution < 1.29 is 27.5 Å². The Labute approximate surface area is 194 Å². The van der Waals surface area contributed by atoms with Gasteiger partial charge >= 0.3 is 12.1 Å². The van der Waals surface area contributed by atoms with E-state index in [2.05, 4.69) is 11.6 Å². The number of rotatable bonds is 7. The Hall–Kier alpha value is -4.20. The van der Waals surface area contributed by atoms with Crippen LogP contribution in [0.1, 0.15) is 16.7 Å². The number of hydrogen-bond donors (Lipinski definition) is 0. The van der Waals surface area contributed by atoms with Gasteiger partial charge in [0, 0.05) is 18.5 Å². The molecular weight excluding hydrogens is 445 g/mol. The molecule has 0 saturated heterocycles. The number of alkyl halides is 3. The number of nitrogens with zero attached hydrogens (tertiary/aromatic N) is 2. The lowest BCUT2D eigenvalue weighted by molar-refractivity contribution is -0.141. The third-order valence-electron chi connectivity index (χ3n) is 4.98. The molecule has 0 fully saturated rings. The van der Waals surface area contributed by atoms with Gasteiger partial charge in [-0.15, -0.1) is 0 Å². The van der Waals surface area contributed by atoms with Crippen LogP contribution in [0.4, 0.5) is 13.2 Å². The topological polar surface area (TPSA) is 59.5 Å². The highest BCUT2D eigenvalue weighted by molar-refractivity contribution is 5.99. The Morgan fingerprint density at radius 2 is 1.56 bits per heavy atom. The fourth-order valence-corrected chi connectivity index (χ4v) is 3.10. The molecule has 0 unspecified atom stereocenters. The van der Waals surface area contributed by atoms with Gasteiger partial charge in [-0.05, 0) is 52.6 Å². The zero-order valence-corrected chi connectivity index (χ0v) is 18.3.